The molecule has 0 atom stereocenters. The molecule has 0 spiro atoms. The zero-order valence-corrected chi connectivity index (χ0v) is 9.42. The van der Waals surface area contributed by atoms with Gasteiger partial charge in [-0.15, -0.1) is 10.2 Å². The molecule has 1 heterocycles. The second-order valence-corrected chi connectivity index (χ2v) is 3.70. The monoisotopic (exact) mass is 239 g/mol. The zero-order chi connectivity index (χ0) is 12.3. The number of ether oxygens (including phenoxy) is 1. The highest BCUT2D eigenvalue weighted by Gasteiger charge is 2.36. The van der Waals surface area contributed by atoms with Crippen molar-refractivity contribution in [3.05, 3.63) is 5.82 Å². The van der Waals surface area contributed by atoms with E-state index >= 15 is 0 Å². The Labute approximate surface area is 97.3 Å². The lowest BCUT2D eigenvalue weighted by Crippen LogP contribution is -2.38. The van der Waals surface area contributed by atoms with Crippen LogP contribution in [0.15, 0.2) is 0 Å². The van der Waals surface area contributed by atoms with E-state index < -0.39 is 11.9 Å². The quantitative estimate of drug-likeness (QED) is 0.686. The molecule has 0 aliphatic heterocycles. The summed E-state index contributed by atoms with van der Waals surface area (Å²) in [5.41, 5.74) is 0. The summed E-state index contributed by atoms with van der Waals surface area (Å²) in [5, 5.41) is 12.8. The number of nitrogens with one attached hydrogen (secondary N) is 1. The van der Waals surface area contributed by atoms with Crippen LogP contribution in [0.25, 0.3) is 0 Å². The van der Waals surface area contributed by atoms with E-state index in [0.29, 0.717) is 6.61 Å². The van der Waals surface area contributed by atoms with Gasteiger partial charge in [0.1, 0.15) is 6.54 Å². The lowest BCUT2D eigenvalue weighted by Gasteiger charge is -2.19. The van der Waals surface area contributed by atoms with Gasteiger partial charge in [0.05, 0.1) is 6.61 Å². The van der Waals surface area contributed by atoms with Crippen molar-refractivity contribution < 1.29 is 14.3 Å². The SMILES string of the molecule is CCOC(=O)CN(C(=O)c1nn[nH]n1)C1CC1. The molecule has 0 aromatic carbocycles. The number of rotatable bonds is 5. The van der Waals surface area contributed by atoms with Gasteiger partial charge in [-0.25, -0.2) is 0 Å². The van der Waals surface area contributed by atoms with Gasteiger partial charge in [0.15, 0.2) is 0 Å². The van der Waals surface area contributed by atoms with Crippen LogP contribution in [0.5, 0.6) is 0 Å². The molecule has 1 saturated carbocycles. The minimum atomic E-state index is -0.420. The standard InChI is InChI=1S/C9H13N5O3/c1-2-17-7(15)5-14(6-3-4-6)9(16)8-10-12-13-11-8/h6H,2-5H2,1H3,(H,10,11,12,13). The molecule has 0 radical (unpaired) electrons. The summed E-state index contributed by atoms with van der Waals surface area (Å²) in [4.78, 5) is 24.8. The van der Waals surface area contributed by atoms with E-state index in [1.165, 1.54) is 4.90 Å². The van der Waals surface area contributed by atoms with Crippen molar-refractivity contribution in [2.75, 3.05) is 13.2 Å². The van der Waals surface area contributed by atoms with Crippen LogP contribution >= 0.6 is 0 Å². The molecule has 1 N–H and O–H groups in total. The largest absolute Gasteiger partial charge is 0.465 e. The Morgan fingerprint density at radius 1 is 1.53 bits per heavy atom. The van der Waals surface area contributed by atoms with E-state index in [2.05, 4.69) is 20.6 Å². The number of amides is 1. The fraction of sp³-hybridized carbons (Fsp3) is 0.667. The summed E-state index contributed by atoms with van der Waals surface area (Å²) < 4.78 is 4.82. The Kier molecular flexibility index (Phi) is 3.31. The first kappa shape index (κ1) is 11.5. The Bertz CT molecular complexity index is 401. The highest BCUT2D eigenvalue weighted by Crippen LogP contribution is 2.27. The Hall–Kier alpha value is -1.99. The van der Waals surface area contributed by atoms with Crippen molar-refractivity contribution in [2.24, 2.45) is 0 Å². The van der Waals surface area contributed by atoms with Gasteiger partial charge in [-0.1, -0.05) is 0 Å². The van der Waals surface area contributed by atoms with Gasteiger partial charge in [-0.05, 0) is 25.0 Å². The summed E-state index contributed by atoms with van der Waals surface area (Å²) >= 11 is 0. The van der Waals surface area contributed by atoms with E-state index in [0.717, 1.165) is 12.8 Å². The number of hydrogen-bond donors (Lipinski definition) is 1. The molecule has 1 aromatic heterocycles. The molecule has 1 aromatic rings. The summed E-state index contributed by atoms with van der Waals surface area (Å²) in [5.74, 6) is -0.841. The fourth-order valence-electron chi connectivity index (χ4n) is 1.48. The molecular weight excluding hydrogens is 226 g/mol. The molecule has 0 unspecified atom stereocenters. The van der Waals surface area contributed by atoms with E-state index in [1.54, 1.807) is 6.92 Å². The van der Waals surface area contributed by atoms with Crippen LogP contribution in [0, 0.1) is 0 Å². The predicted molar refractivity (Wildman–Crippen MR) is 54.9 cm³/mol. The van der Waals surface area contributed by atoms with Crippen molar-refractivity contribution in [1.82, 2.24) is 25.5 Å². The molecule has 1 amide bonds. The van der Waals surface area contributed by atoms with Crippen molar-refractivity contribution in [3.63, 3.8) is 0 Å². The number of tetrazole rings is 1. The molecule has 92 valence electrons. The third-order valence-corrected chi connectivity index (χ3v) is 2.39. The second kappa shape index (κ2) is 4.89. The van der Waals surface area contributed by atoms with Crippen molar-refractivity contribution in [3.8, 4) is 0 Å². The normalized spacial score (nSPS) is 14.4. The maximum Gasteiger partial charge on any atom is 0.325 e. The topological polar surface area (TPSA) is 101 Å². The Balaban J connectivity index is 2.02. The van der Waals surface area contributed by atoms with Gasteiger partial charge >= 0.3 is 5.97 Å². The number of nitrogens with zero attached hydrogens (tertiary/aromatic N) is 4. The summed E-state index contributed by atoms with van der Waals surface area (Å²) in [7, 11) is 0. The van der Waals surface area contributed by atoms with Crippen LogP contribution in [0.1, 0.15) is 30.4 Å². The van der Waals surface area contributed by atoms with E-state index in [9.17, 15) is 9.59 Å². The number of hydrogen-bond acceptors (Lipinski definition) is 6. The summed E-state index contributed by atoms with van der Waals surface area (Å²) in [6, 6.07) is 0.0883. The molecule has 2 rings (SSSR count). The van der Waals surface area contributed by atoms with Crippen LogP contribution in [-0.4, -0.2) is 56.6 Å². The molecule has 17 heavy (non-hydrogen) atoms. The number of carbonyl (C=O) groups is 2. The number of aromatic nitrogens is 4. The average molecular weight is 239 g/mol. The first-order chi connectivity index (χ1) is 8.22. The first-order valence-corrected chi connectivity index (χ1v) is 5.42. The minimum absolute atomic E-state index is 0.0267. The molecule has 0 bridgehead atoms. The molecule has 8 nitrogen and oxygen atoms in total. The van der Waals surface area contributed by atoms with Gasteiger partial charge in [0.2, 0.25) is 0 Å². The number of H-pyrrole nitrogens is 1. The predicted octanol–water partition coefficient (Wildman–Crippen LogP) is -0.633. The molecule has 1 fully saturated rings. The van der Waals surface area contributed by atoms with Crippen LogP contribution < -0.4 is 0 Å². The highest BCUT2D eigenvalue weighted by atomic mass is 16.5. The van der Waals surface area contributed by atoms with E-state index in [1.807, 2.05) is 0 Å². The van der Waals surface area contributed by atoms with E-state index in [-0.39, 0.29) is 18.4 Å². The lowest BCUT2D eigenvalue weighted by atomic mass is 10.4. The summed E-state index contributed by atoms with van der Waals surface area (Å²) in [6.45, 7) is 1.96. The maximum atomic E-state index is 12.0. The molecule has 1 aliphatic rings. The third-order valence-electron chi connectivity index (χ3n) is 2.39. The van der Waals surface area contributed by atoms with Crippen molar-refractivity contribution in [1.29, 1.82) is 0 Å². The summed E-state index contributed by atoms with van der Waals surface area (Å²) in [6.07, 6.45) is 1.78. The highest BCUT2D eigenvalue weighted by molar-refractivity contribution is 5.92. The van der Waals surface area contributed by atoms with Crippen LogP contribution in [0.2, 0.25) is 0 Å². The molecule has 8 heteroatoms. The van der Waals surface area contributed by atoms with E-state index in [4.69, 9.17) is 4.74 Å². The second-order valence-electron chi connectivity index (χ2n) is 3.70. The van der Waals surface area contributed by atoms with Gasteiger partial charge in [0, 0.05) is 6.04 Å². The van der Waals surface area contributed by atoms with Crippen LogP contribution in [-0.2, 0) is 9.53 Å². The first-order valence-electron chi connectivity index (χ1n) is 5.42. The molecule has 0 saturated heterocycles. The minimum Gasteiger partial charge on any atom is -0.465 e. The Morgan fingerprint density at radius 3 is 2.82 bits per heavy atom. The average Bonchev–Trinajstić information content (AvgIpc) is 3.00. The lowest BCUT2D eigenvalue weighted by molar-refractivity contribution is -0.144. The van der Waals surface area contributed by atoms with Gasteiger partial charge < -0.3 is 9.64 Å². The zero-order valence-electron chi connectivity index (χ0n) is 9.42. The number of esters is 1. The van der Waals surface area contributed by atoms with Crippen molar-refractivity contribution >= 4 is 11.9 Å². The third kappa shape index (κ3) is 2.77. The van der Waals surface area contributed by atoms with Crippen LogP contribution in [0.4, 0.5) is 0 Å². The van der Waals surface area contributed by atoms with Gasteiger partial charge in [0.25, 0.3) is 11.7 Å². The van der Waals surface area contributed by atoms with Crippen LogP contribution in [0.3, 0.4) is 0 Å². The number of carbonyl (C=O) groups excluding carboxylic acids is 2. The number of aromatic amines is 1. The van der Waals surface area contributed by atoms with Gasteiger partial charge in [-0.3, -0.25) is 9.59 Å². The molecular formula is C9H13N5O3. The van der Waals surface area contributed by atoms with Crippen molar-refractivity contribution in [2.45, 2.75) is 25.8 Å². The Morgan fingerprint density at radius 2 is 2.29 bits per heavy atom. The maximum absolute atomic E-state index is 12.0. The molecule has 1 aliphatic carbocycles. The smallest absolute Gasteiger partial charge is 0.325 e. The van der Waals surface area contributed by atoms with Gasteiger partial charge in [-0.2, -0.15) is 5.21 Å². The fourth-order valence-corrected chi connectivity index (χ4v) is 1.48.